The maximum Gasteiger partial charge on any atom is 0.247 e. The minimum Gasteiger partial charge on any atom is -0.394 e. The van der Waals surface area contributed by atoms with E-state index in [0.717, 1.165) is 31.4 Å². The Bertz CT molecular complexity index is 1110. The number of para-hydroxylation sites is 1. The first-order valence-corrected chi connectivity index (χ1v) is 15.6. The van der Waals surface area contributed by atoms with Crippen molar-refractivity contribution >= 4 is 35.2 Å². The van der Waals surface area contributed by atoms with E-state index in [-0.39, 0.29) is 24.3 Å². The van der Waals surface area contributed by atoms with Crippen LogP contribution in [0.3, 0.4) is 0 Å². The van der Waals surface area contributed by atoms with Crippen LogP contribution in [0.5, 0.6) is 0 Å². The first-order chi connectivity index (χ1) is 19.2. The van der Waals surface area contributed by atoms with Crippen molar-refractivity contribution in [3.8, 4) is 0 Å². The lowest BCUT2D eigenvalue weighted by molar-refractivity contribution is -0.146. The molecule has 6 atom stereocenters. The van der Waals surface area contributed by atoms with Gasteiger partial charge in [0, 0.05) is 30.1 Å². The maximum absolute atomic E-state index is 14.5. The number of nitrogens with zero attached hydrogens (tertiary/aromatic N) is 3. The number of thioether (sulfide) groups is 1. The van der Waals surface area contributed by atoms with Crippen molar-refractivity contribution in [1.29, 1.82) is 0 Å². The summed E-state index contributed by atoms with van der Waals surface area (Å²) in [5.41, 5.74) is 0.766. The molecule has 3 fully saturated rings. The monoisotopic (exact) mass is 567 g/mol. The highest BCUT2D eigenvalue weighted by atomic mass is 32.2. The van der Waals surface area contributed by atoms with E-state index >= 15 is 0 Å². The third-order valence-electron chi connectivity index (χ3n) is 9.13. The molecule has 0 saturated carbocycles. The molecule has 0 aromatic heterocycles. The van der Waals surface area contributed by atoms with Crippen molar-refractivity contribution < 1.29 is 19.5 Å². The van der Waals surface area contributed by atoms with Crippen molar-refractivity contribution in [2.24, 2.45) is 11.8 Å². The number of benzene rings is 1. The number of likely N-dealkylation sites (tertiary alicyclic amines) is 1. The standard InChI is InChI=1S/C32H45N3O4S/c1-6-10-14-21-33(19-7-2)30(39)27-32-18-17-31(5,40-32)25(26(32)29(38)35(27)23(9-4)22-36)28(37)34(20-8-3)24-15-12-11-13-16-24/h7-8,11-13,15-16,23,25-27,36H,2-3,6,9-10,14,17-22H2,1,4-5H3/t23-,25-,26-,27?,31+,32?/m0/s1. The van der Waals surface area contributed by atoms with Gasteiger partial charge in [0.2, 0.25) is 17.7 Å². The number of unbranched alkanes of at least 4 members (excludes halogenated alkanes) is 2. The van der Waals surface area contributed by atoms with Crippen LogP contribution in [0.4, 0.5) is 5.69 Å². The zero-order valence-corrected chi connectivity index (χ0v) is 25.1. The van der Waals surface area contributed by atoms with E-state index in [1.165, 1.54) is 0 Å². The lowest BCUT2D eigenvalue weighted by Crippen LogP contribution is -2.57. The van der Waals surface area contributed by atoms with Gasteiger partial charge in [0.15, 0.2) is 0 Å². The van der Waals surface area contributed by atoms with Gasteiger partial charge in [0.05, 0.1) is 29.2 Å². The first-order valence-electron chi connectivity index (χ1n) is 14.7. The minimum absolute atomic E-state index is 0.0883. The van der Waals surface area contributed by atoms with Crippen LogP contribution in [-0.4, -0.2) is 80.4 Å². The topological polar surface area (TPSA) is 81.2 Å². The molecular weight excluding hydrogens is 522 g/mol. The second-order valence-electron chi connectivity index (χ2n) is 11.6. The smallest absolute Gasteiger partial charge is 0.247 e. The molecule has 218 valence electrons. The van der Waals surface area contributed by atoms with E-state index in [9.17, 15) is 19.5 Å². The molecule has 8 heteroatoms. The van der Waals surface area contributed by atoms with Gasteiger partial charge in [-0.25, -0.2) is 0 Å². The van der Waals surface area contributed by atoms with Crippen LogP contribution >= 0.6 is 11.8 Å². The summed E-state index contributed by atoms with van der Waals surface area (Å²) in [7, 11) is 0. The number of aliphatic hydroxyl groups excluding tert-OH is 1. The molecule has 0 radical (unpaired) electrons. The quantitative estimate of drug-likeness (QED) is 0.261. The molecule has 2 bridgehead atoms. The molecule has 4 rings (SSSR count). The number of aliphatic hydroxyl groups is 1. The number of rotatable bonds is 14. The largest absolute Gasteiger partial charge is 0.394 e. The fourth-order valence-electron chi connectivity index (χ4n) is 7.23. The van der Waals surface area contributed by atoms with Gasteiger partial charge in [-0.2, -0.15) is 0 Å². The molecule has 40 heavy (non-hydrogen) atoms. The van der Waals surface area contributed by atoms with Crippen LogP contribution in [0.2, 0.25) is 0 Å². The van der Waals surface area contributed by atoms with Crippen molar-refractivity contribution in [2.45, 2.75) is 80.9 Å². The molecule has 1 N–H and O–H groups in total. The predicted molar refractivity (Wildman–Crippen MR) is 162 cm³/mol. The van der Waals surface area contributed by atoms with Crippen LogP contribution in [0.25, 0.3) is 0 Å². The van der Waals surface area contributed by atoms with Crippen molar-refractivity contribution in [2.75, 3.05) is 31.1 Å². The molecular formula is C32H45N3O4S. The van der Waals surface area contributed by atoms with Gasteiger partial charge >= 0.3 is 0 Å². The zero-order valence-electron chi connectivity index (χ0n) is 24.3. The third kappa shape index (κ3) is 5.02. The lowest BCUT2D eigenvalue weighted by Gasteiger charge is -2.39. The Labute approximate surface area is 243 Å². The Morgan fingerprint density at radius 3 is 2.42 bits per heavy atom. The second-order valence-corrected chi connectivity index (χ2v) is 13.5. The van der Waals surface area contributed by atoms with Gasteiger partial charge in [-0.3, -0.25) is 14.4 Å². The van der Waals surface area contributed by atoms with Crippen LogP contribution in [0, 0.1) is 11.8 Å². The third-order valence-corrected chi connectivity index (χ3v) is 11.1. The van der Waals surface area contributed by atoms with Gasteiger partial charge in [-0.15, -0.1) is 24.9 Å². The molecule has 3 aliphatic heterocycles. The molecule has 7 nitrogen and oxygen atoms in total. The van der Waals surface area contributed by atoms with E-state index in [0.29, 0.717) is 32.5 Å². The van der Waals surface area contributed by atoms with Crippen LogP contribution < -0.4 is 4.90 Å². The Morgan fingerprint density at radius 2 is 1.82 bits per heavy atom. The summed E-state index contributed by atoms with van der Waals surface area (Å²) in [6.07, 6.45) is 8.34. The SMILES string of the molecule is C=CCN(CCCCC)C(=O)C1N([C@@H](CC)CO)C(=O)[C@@H]2[C@@H](C(=O)N(CC=C)c3ccccc3)[C@@]3(C)CCC12S3. The van der Waals surface area contributed by atoms with Gasteiger partial charge < -0.3 is 19.8 Å². The highest BCUT2D eigenvalue weighted by molar-refractivity contribution is 8.02. The molecule has 3 amide bonds. The average molecular weight is 568 g/mol. The second kappa shape index (κ2) is 12.5. The molecule has 0 aliphatic carbocycles. The molecule has 1 aromatic rings. The van der Waals surface area contributed by atoms with Crippen LogP contribution in [-0.2, 0) is 14.4 Å². The number of hydrogen-bond donors (Lipinski definition) is 1. The summed E-state index contributed by atoms with van der Waals surface area (Å²) in [5, 5.41) is 10.4. The Hall–Kier alpha value is -2.58. The number of fused-ring (bicyclic) bond motifs is 1. The van der Waals surface area contributed by atoms with Crippen LogP contribution in [0.1, 0.15) is 59.3 Å². The number of carbonyl (C=O) groups excluding carboxylic acids is 3. The number of amides is 3. The van der Waals surface area contributed by atoms with E-state index in [1.54, 1.807) is 33.7 Å². The predicted octanol–water partition coefficient (Wildman–Crippen LogP) is 4.66. The molecule has 2 unspecified atom stereocenters. The van der Waals surface area contributed by atoms with E-state index in [4.69, 9.17) is 0 Å². The lowest BCUT2D eigenvalue weighted by atomic mass is 9.66. The van der Waals surface area contributed by atoms with Crippen molar-refractivity contribution in [1.82, 2.24) is 9.80 Å². The fourth-order valence-corrected chi connectivity index (χ4v) is 9.56. The number of anilines is 1. The average Bonchev–Trinajstić information content (AvgIpc) is 3.53. The molecule has 3 heterocycles. The van der Waals surface area contributed by atoms with E-state index in [2.05, 4.69) is 27.0 Å². The highest BCUT2D eigenvalue weighted by Gasteiger charge is 2.78. The number of carbonyl (C=O) groups is 3. The van der Waals surface area contributed by atoms with Gasteiger partial charge in [0.1, 0.15) is 6.04 Å². The molecule has 3 aliphatic rings. The summed E-state index contributed by atoms with van der Waals surface area (Å²) >= 11 is 1.67. The van der Waals surface area contributed by atoms with Gasteiger partial charge in [-0.05, 0) is 44.7 Å². The molecule has 3 saturated heterocycles. The van der Waals surface area contributed by atoms with Crippen molar-refractivity contribution in [3.63, 3.8) is 0 Å². The van der Waals surface area contributed by atoms with Crippen molar-refractivity contribution in [3.05, 3.63) is 55.6 Å². The summed E-state index contributed by atoms with van der Waals surface area (Å²) in [6, 6.07) is 8.30. The Balaban J connectivity index is 1.79. The van der Waals surface area contributed by atoms with Crippen LogP contribution in [0.15, 0.2) is 55.6 Å². The fraction of sp³-hybridized carbons (Fsp3) is 0.594. The summed E-state index contributed by atoms with van der Waals surface area (Å²) in [4.78, 5) is 48.6. The number of hydrogen-bond acceptors (Lipinski definition) is 5. The maximum atomic E-state index is 14.5. The van der Waals surface area contributed by atoms with E-state index in [1.807, 2.05) is 42.2 Å². The summed E-state index contributed by atoms with van der Waals surface area (Å²) < 4.78 is -1.19. The molecule has 1 aromatic carbocycles. The van der Waals surface area contributed by atoms with Gasteiger partial charge in [-0.1, -0.05) is 57.0 Å². The summed E-state index contributed by atoms with van der Waals surface area (Å²) in [5.74, 6) is -1.57. The highest BCUT2D eigenvalue weighted by Crippen LogP contribution is 2.72. The Morgan fingerprint density at radius 1 is 1.12 bits per heavy atom. The first kappa shape index (κ1) is 30.4. The van der Waals surface area contributed by atoms with E-state index < -0.39 is 33.4 Å². The normalized spacial score (nSPS) is 29.2. The zero-order chi connectivity index (χ0) is 29.1. The Kier molecular flexibility index (Phi) is 9.51. The van der Waals surface area contributed by atoms with Gasteiger partial charge in [0.25, 0.3) is 0 Å². The minimum atomic E-state index is -0.724. The molecule has 1 spiro atoms. The summed E-state index contributed by atoms with van der Waals surface area (Å²) in [6.45, 7) is 15.0.